The first kappa shape index (κ1) is 22.4. The van der Waals surface area contributed by atoms with E-state index in [2.05, 4.69) is 4.98 Å². The number of ether oxygens (including phenoxy) is 2. The minimum Gasteiger partial charge on any atom is -0.496 e. The van der Waals surface area contributed by atoms with Gasteiger partial charge in [0.15, 0.2) is 5.13 Å². The number of anilines is 2. The van der Waals surface area contributed by atoms with Crippen molar-refractivity contribution in [3.63, 3.8) is 0 Å². The third kappa shape index (κ3) is 5.26. The summed E-state index contributed by atoms with van der Waals surface area (Å²) in [6, 6.07) is 12.7. The lowest BCUT2D eigenvalue weighted by Crippen LogP contribution is -2.22. The minimum absolute atomic E-state index is 0.0841. The predicted molar refractivity (Wildman–Crippen MR) is 115 cm³/mol. The Balaban J connectivity index is 1.78. The summed E-state index contributed by atoms with van der Waals surface area (Å²) in [6.07, 6.45) is 0. The van der Waals surface area contributed by atoms with E-state index >= 15 is 0 Å². The first-order valence-corrected chi connectivity index (χ1v) is 11.3. The molecule has 0 unspecified atom stereocenters. The van der Waals surface area contributed by atoms with Crippen LogP contribution in [-0.2, 0) is 26.2 Å². The number of primary sulfonamides is 1. The van der Waals surface area contributed by atoms with Crippen LogP contribution < -0.4 is 14.8 Å². The summed E-state index contributed by atoms with van der Waals surface area (Å²) < 4.78 is 33.5. The number of esters is 1. The van der Waals surface area contributed by atoms with E-state index in [0.29, 0.717) is 16.5 Å². The van der Waals surface area contributed by atoms with Crippen molar-refractivity contribution in [1.82, 2.24) is 4.98 Å². The lowest BCUT2D eigenvalue weighted by Gasteiger charge is -2.17. The molecule has 1 amide bonds. The molecule has 1 aromatic heterocycles. The van der Waals surface area contributed by atoms with Gasteiger partial charge < -0.3 is 9.47 Å². The Hall–Kier alpha value is -3.28. The normalized spacial score (nSPS) is 11.1. The topological polar surface area (TPSA) is 129 Å². The lowest BCUT2D eigenvalue weighted by molar-refractivity contribution is -0.115. The fraction of sp³-hybridized carbons (Fsp3) is 0.150. The number of nitrogens with two attached hydrogens (primary N) is 1. The highest BCUT2D eigenvalue weighted by Crippen LogP contribution is 2.29. The molecule has 162 valence electrons. The number of carbonyl (C=O) groups is 2. The third-order valence-electron chi connectivity index (χ3n) is 4.13. The van der Waals surface area contributed by atoms with Crippen molar-refractivity contribution in [3.05, 3.63) is 65.2 Å². The molecule has 0 radical (unpaired) electrons. The van der Waals surface area contributed by atoms with Crippen LogP contribution in [0, 0.1) is 0 Å². The van der Waals surface area contributed by atoms with Crippen LogP contribution in [0.15, 0.2) is 58.8 Å². The summed E-state index contributed by atoms with van der Waals surface area (Å²) >= 11 is 1.22. The molecule has 11 heteroatoms. The molecule has 2 N–H and O–H groups in total. The van der Waals surface area contributed by atoms with Crippen LogP contribution >= 0.6 is 11.3 Å². The molecule has 0 saturated carbocycles. The summed E-state index contributed by atoms with van der Waals surface area (Å²) in [6.45, 7) is 1.25. The number of rotatable bonds is 7. The Morgan fingerprint density at radius 1 is 1.16 bits per heavy atom. The Bertz CT molecular complexity index is 1210. The molecule has 2 aromatic carbocycles. The van der Waals surface area contributed by atoms with Crippen LogP contribution in [0.3, 0.4) is 0 Å². The van der Waals surface area contributed by atoms with Gasteiger partial charge in [-0.3, -0.25) is 9.69 Å². The van der Waals surface area contributed by atoms with Crippen LogP contribution in [0.25, 0.3) is 0 Å². The first-order valence-electron chi connectivity index (χ1n) is 8.89. The van der Waals surface area contributed by atoms with E-state index in [1.165, 1.54) is 42.4 Å². The van der Waals surface area contributed by atoms with E-state index in [4.69, 9.17) is 14.6 Å². The van der Waals surface area contributed by atoms with Gasteiger partial charge in [0.1, 0.15) is 17.9 Å². The molecule has 0 saturated heterocycles. The maximum atomic E-state index is 12.5. The van der Waals surface area contributed by atoms with E-state index < -0.39 is 16.0 Å². The van der Waals surface area contributed by atoms with Crippen molar-refractivity contribution in [1.29, 1.82) is 0 Å². The van der Waals surface area contributed by atoms with Gasteiger partial charge in [0.05, 0.1) is 23.4 Å². The molecule has 0 spiro atoms. The Morgan fingerprint density at radius 2 is 1.87 bits per heavy atom. The van der Waals surface area contributed by atoms with E-state index in [1.54, 1.807) is 17.5 Å². The van der Waals surface area contributed by atoms with E-state index in [0.717, 1.165) is 6.07 Å². The van der Waals surface area contributed by atoms with Gasteiger partial charge in [0.25, 0.3) is 0 Å². The van der Waals surface area contributed by atoms with Gasteiger partial charge in [0, 0.05) is 12.3 Å². The molecule has 9 nitrogen and oxygen atoms in total. The summed E-state index contributed by atoms with van der Waals surface area (Å²) in [5.74, 6) is -0.875. The summed E-state index contributed by atoms with van der Waals surface area (Å²) in [5, 5.41) is 7.22. The maximum absolute atomic E-state index is 12.5. The number of para-hydroxylation sites is 1. The van der Waals surface area contributed by atoms with Gasteiger partial charge in [0.2, 0.25) is 15.9 Å². The second-order valence-electron chi connectivity index (χ2n) is 6.29. The SMILES string of the molecule is COc1ccc(S(N)(=O)=O)cc1C(=O)OCc1csc(N(C(C)=O)c2ccccc2)n1. The second-order valence-corrected chi connectivity index (χ2v) is 8.69. The largest absolute Gasteiger partial charge is 0.496 e. The molecule has 3 aromatic rings. The quantitative estimate of drug-likeness (QED) is 0.536. The lowest BCUT2D eigenvalue weighted by atomic mass is 10.2. The molecular weight excluding hydrogens is 442 g/mol. The number of aromatic nitrogens is 1. The summed E-state index contributed by atoms with van der Waals surface area (Å²) in [5.41, 5.74) is 1.01. The van der Waals surface area contributed by atoms with Crippen LogP contribution in [-0.4, -0.2) is 32.4 Å². The van der Waals surface area contributed by atoms with E-state index in [1.807, 2.05) is 18.2 Å². The minimum atomic E-state index is -4.00. The molecule has 0 aliphatic heterocycles. The fourth-order valence-electron chi connectivity index (χ4n) is 2.71. The molecule has 1 heterocycles. The molecule has 0 atom stereocenters. The number of amides is 1. The standard InChI is InChI=1S/C20H19N3O6S2/c1-13(24)23(15-6-4-3-5-7-15)20-22-14(12-30-20)11-29-19(25)17-10-16(31(21,26)27)8-9-18(17)28-2/h3-10,12H,11H2,1-2H3,(H2,21,26,27). The van der Waals surface area contributed by atoms with Crippen molar-refractivity contribution in [2.45, 2.75) is 18.4 Å². The average Bonchev–Trinajstić information content (AvgIpc) is 3.19. The van der Waals surface area contributed by atoms with Gasteiger partial charge in [-0.15, -0.1) is 11.3 Å². The highest BCUT2D eigenvalue weighted by Gasteiger charge is 2.21. The zero-order valence-corrected chi connectivity index (χ0v) is 18.3. The number of hydrogen-bond donors (Lipinski definition) is 1. The zero-order valence-electron chi connectivity index (χ0n) is 16.6. The smallest absolute Gasteiger partial charge is 0.342 e. The highest BCUT2D eigenvalue weighted by molar-refractivity contribution is 7.89. The number of thiazole rings is 1. The maximum Gasteiger partial charge on any atom is 0.342 e. The van der Waals surface area contributed by atoms with Crippen LogP contribution in [0.5, 0.6) is 5.75 Å². The summed E-state index contributed by atoms with van der Waals surface area (Å²) in [4.78, 5) is 30.2. The van der Waals surface area contributed by atoms with Crippen LogP contribution in [0.1, 0.15) is 23.0 Å². The first-order chi connectivity index (χ1) is 14.7. The van der Waals surface area contributed by atoms with Gasteiger partial charge in [-0.25, -0.2) is 23.3 Å². The van der Waals surface area contributed by atoms with Crippen molar-refractivity contribution >= 4 is 44.1 Å². The average molecular weight is 462 g/mol. The van der Waals surface area contributed by atoms with E-state index in [-0.39, 0.29) is 28.7 Å². The van der Waals surface area contributed by atoms with Gasteiger partial charge in [-0.1, -0.05) is 18.2 Å². The molecule has 0 aliphatic carbocycles. The van der Waals surface area contributed by atoms with Crippen molar-refractivity contribution in [3.8, 4) is 5.75 Å². The number of nitrogens with zero attached hydrogens (tertiary/aromatic N) is 2. The van der Waals surface area contributed by atoms with Crippen molar-refractivity contribution in [2.24, 2.45) is 5.14 Å². The van der Waals surface area contributed by atoms with Crippen molar-refractivity contribution in [2.75, 3.05) is 12.0 Å². The highest BCUT2D eigenvalue weighted by atomic mass is 32.2. The second kappa shape index (κ2) is 9.25. The number of sulfonamides is 1. The Morgan fingerprint density at radius 3 is 2.48 bits per heavy atom. The monoisotopic (exact) mass is 461 g/mol. The molecular formula is C20H19N3O6S2. The number of methoxy groups -OCH3 is 1. The number of benzene rings is 2. The molecule has 0 aliphatic rings. The molecule has 0 fully saturated rings. The van der Waals surface area contributed by atoms with Crippen molar-refractivity contribution < 1.29 is 27.5 Å². The number of carbonyl (C=O) groups excluding carboxylic acids is 2. The van der Waals surface area contributed by atoms with Gasteiger partial charge >= 0.3 is 5.97 Å². The van der Waals surface area contributed by atoms with E-state index in [9.17, 15) is 18.0 Å². The Labute approximate surface area is 183 Å². The predicted octanol–water partition coefficient (Wildman–Crippen LogP) is 2.84. The molecule has 0 bridgehead atoms. The fourth-order valence-corrected chi connectivity index (χ4v) is 4.12. The van der Waals surface area contributed by atoms with Crippen LogP contribution in [0.4, 0.5) is 10.8 Å². The summed E-state index contributed by atoms with van der Waals surface area (Å²) in [7, 11) is -2.66. The molecule has 3 rings (SSSR count). The van der Waals surface area contributed by atoms with Gasteiger partial charge in [-0.05, 0) is 30.3 Å². The number of hydrogen-bond acceptors (Lipinski definition) is 8. The Kier molecular flexibility index (Phi) is 6.68. The van der Waals surface area contributed by atoms with Crippen LogP contribution in [0.2, 0.25) is 0 Å². The zero-order chi connectivity index (χ0) is 22.6. The molecule has 31 heavy (non-hydrogen) atoms. The third-order valence-corrected chi connectivity index (χ3v) is 5.92. The van der Waals surface area contributed by atoms with Gasteiger partial charge in [-0.2, -0.15) is 0 Å².